The molecule has 0 saturated heterocycles. The summed E-state index contributed by atoms with van der Waals surface area (Å²) < 4.78 is 0.876. The lowest BCUT2D eigenvalue weighted by Gasteiger charge is -2.00. The Kier molecular flexibility index (Phi) is 3.78. The van der Waals surface area contributed by atoms with E-state index >= 15 is 0 Å². The lowest BCUT2D eigenvalue weighted by Crippen LogP contribution is -1.84. The fraction of sp³-hybridized carbons (Fsp3) is 0. The minimum atomic E-state index is 0.698. The number of thiazole rings is 1. The van der Waals surface area contributed by atoms with Gasteiger partial charge in [0.15, 0.2) is 0 Å². The van der Waals surface area contributed by atoms with Crippen molar-refractivity contribution in [3.8, 4) is 21.8 Å². The van der Waals surface area contributed by atoms with Crippen LogP contribution in [-0.4, -0.2) is 4.98 Å². The fourth-order valence-corrected chi connectivity index (χ4v) is 3.14. The van der Waals surface area contributed by atoms with Crippen molar-refractivity contribution in [2.24, 2.45) is 0 Å². The maximum Gasteiger partial charge on any atom is 0.124 e. The van der Waals surface area contributed by atoms with Crippen LogP contribution in [0.1, 0.15) is 0 Å². The number of nitrogen functional groups attached to an aromatic ring is 1. The zero-order valence-corrected chi connectivity index (χ0v) is 13.5. The summed E-state index contributed by atoms with van der Waals surface area (Å²) in [6, 6.07) is 13.5. The Morgan fingerprint density at radius 3 is 2.45 bits per heavy atom. The number of hydrogen-bond donors (Lipinski definition) is 1. The maximum absolute atomic E-state index is 6.01. The second-order valence-electron chi connectivity index (χ2n) is 4.29. The number of anilines is 1. The van der Waals surface area contributed by atoms with Gasteiger partial charge in [-0.25, -0.2) is 4.98 Å². The maximum atomic E-state index is 6.01. The van der Waals surface area contributed by atoms with Crippen LogP contribution < -0.4 is 5.73 Å². The molecular formula is C15H10BrClN2S. The van der Waals surface area contributed by atoms with Crippen molar-refractivity contribution < 1.29 is 0 Å². The average molecular weight is 366 g/mol. The number of rotatable bonds is 2. The van der Waals surface area contributed by atoms with E-state index in [0.29, 0.717) is 5.02 Å². The number of nitrogens with two attached hydrogens (primary N) is 1. The molecule has 2 nitrogen and oxygen atoms in total. The predicted molar refractivity (Wildman–Crippen MR) is 90.1 cm³/mol. The number of aromatic nitrogens is 1. The lowest BCUT2D eigenvalue weighted by atomic mass is 10.1. The first kappa shape index (κ1) is 13.6. The van der Waals surface area contributed by atoms with Crippen LogP contribution in [0.4, 0.5) is 5.69 Å². The van der Waals surface area contributed by atoms with E-state index < -0.39 is 0 Å². The third-order valence-electron chi connectivity index (χ3n) is 2.88. The summed E-state index contributed by atoms with van der Waals surface area (Å²) in [6.07, 6.45) is 0. The van der Waals surface area contributed by atoms with Crippen LogP contribution in [0.5, 0.6) is 0 Å². The number of halogens is 2. The Labute approximate surface area is 134 Å². The van der Waals surface area contributed by atoms with E-state index in [-0.39, 0.29) is 0 Å². The molecule has 0 radical (unpaired) electrons. The highest BCUT2D eigenvalue weighted by Gasteiger charge is 2.08. The topological polar surface area (TPSA) is 38.9 Å². The smallest absolute Gasteiger partial charge is 0.124 e. The fourth-order valence-electron chi connectivity index (χ4n) is 1.82. The van der Waals surface area contributed by atoms with Gasteiger partial charge in [-0.15, -0.1) is 11.3 Å². The van der Waals surface area contributed by atoms with E-state index in [0.717, 1.165) is 32.0 Å². The molecule has 1 heterocycles. The Balaban J connectivity index is 1.97. The van der Waals surface area contributed by atoms with E-state index in [2.05, 4.69) is 20.9 Å². The molecule has 0 bridgehead atoms. The van der Waals surface area contributed by atoms with Crippen molar-refractivity contribution in [2.75, 3.05) is 5.73 Å². The van der Waals surface area contributed by atoms with Gasteiger partial charge in [0.25, 0.3) is 0 Å². The number of nitrogens with zero attached hydrogens (tertiary/aromatic N) is 1. The highest BCUT2D eigenvalue weighted by atomic mass is 79.9. The molecule has 1 aromatic heterocycles. The number of benzene rings is 2. The Bertz CT molecular complexity index is 753. The summed E-state index contributed by atoms with van der Waals surface area (Å²) >= 11 is 11.1. The van der Waals surface area contributed by atoms with Crippen LogP contribution in [0.15, 0.2) is 52.3 Å². The van der Waals surface area contributed by atoms with Crippen molar-refractivity contribution in [1.29, 1.82) is 0 Å². The summed E-state index contributed by atoms with van der Waals surface area (Å²) in [4.78, 5) is 4.66. The normalized spacial score (nSPS) is 10.7. The van der Waals surface area contributed by atoms with Crippen LogP contribution in [0.2, 0.25) is 5.02 Å². The molecule has 0 spiro atoms. The second-order valence-corrected chi connectivity index (χ2v) is 6.41. The molecule has 2 aromatic carbocycles. The van der Waals surface area contributed by atoms with Crippen LogP contribution in [0, 0.1) is 0 Å². The van der Waals surface area contributed by atoms with Crippen LogP contribution in [0.25, 0.3) is 21.8 Å². The van der Waals surface area contributed by atoms with E-state index in [1.807, 2.05) is 47.8 Å². The van der Waals surface area contributed by atoms with E-state index in [1.54, 1.807) is 11.3 Å². The van der Waals surface area contributed by atoms with Crippen molar-refractivity contribution in [3.05, 3.63) is 57.3 Å². The molecule has 0 unspecified atom stereocenters. The Morgan fingerprint density at radius 1 is 1.05 bits per heavy atom. The van der Waals surface area contributed by atoms with Gasteiger partial charge in [-0.05, 0) is 40.2 Å². The van der Waals surface area contributed by atoms with E-state index in [1.165, 1.54) is 0 Å². The highest BCUT2D eigenvalue weighted by Crippen LogP contribution is 2.32. The van der Waals surface area contributed by atoms with Gasteiger partial charge >= 0.3 is 0 Å². The molecule has 0 aliphatic heterocycles. The van der Waals surface area contributed by atoms with Gasteiger partial charge in [0.1, 0.15) is 5.01 Å². The molecule has 100 valence electrons. The second kappa shape index (κ2) is 5.56. The molecule has 0 amide bonds. The van der Waals surface area contributed by atoms with E-state index in [9.17, 15) is 0 Å². The van der Waals surface area contributed by atoms with Crippen molar-refractivity contribution >= 4 is 44.6 Å². The third kappa shape index (κ3) is 2.73. The van der Waals surface area contributed by atoms with E-state index in [4.69, 9.17) is 17.3 Å². The number of hydrogen-bond acceptors (Lipinski definition) is 3. The molecule has 0 fully saturated rings. The summed E-state index contributed by atoms with van der Waals surface area (Å²) in [5.41, 5.74) is 9.52. The van der Waals surface area contributed by atoms with Gasteiger partial charge < -0.3 is 5.73 Å². The Hall–Kier alpha value is -1.36. The first-order valence-corrected chi connectivity index (χ1v) is 7.95. The largest absolute Gasteiger partial charge is 0.399 e. The SMILES string of the molecule is Nc1ccc(-c2csc(-c3ccc(Cl)c(Br)c3)n2)cc1. The molecule has 3 rings (SSSR count). The highest BCUT2D eigenvalue weighted by molar-refractivity contribution is 9.10. The van der Waals surface area contributed by atoms with Gasteiger partial charge in [-0.3, -0.25) is 0 Å². The quantitative estimate of drug-likeness (QED) is 0.611. The summed E-state index contributed by atoms with van der Waals surface area (Å²) in [7, 11) is 0. The zero-order chi connectivity index (χ0) is 14.1. The minimum Gasteiger partial charge on any atom is -0.399 e. The van der Waals surface area contributed by atoms with Gasteiger partial charge in [0, 0.05) is 26.7 Å². The molecule has 0 saturated carbocycles. The molecule has 0 aliphatic rings. The van der Waals surface area contributed by atoms with Crippen LogP contribution in [0.3, 0.4) is 0 Å². The Morgan fingerprint density at radius 2 is 1.75 bits per heavy atom. The average Bonchev–Trinajstić information content (AvgIpc) is 2.92. The van der Waals surface area contributed by atoms with Crippen molar-refractivity contribution in [3.63, 3.8) is 0 Å². The molecule has 20 heavy (non-hydrogen) atoms. The monoisotopic (exact) mass is 364 g/mol. The third-order valence-corrected chi connectivity index (χ3v) is 4.98. The first-order valence-electron chi connectivity index (χ1n) is 5.90. The van der Waals surface area contributed by atoms with Crippen molar-refractivity contribution in [1.82, 2.24) is 4.98 Å². The molecule has 0 atom stereocenters. The summed E-state index contributed by atoms with van der Waals surface area (Å²) in [5, 5.41) is 3.71. The zero-order valence-electron chi connectivity index (χ0n) is 10.3. The minimum absolute atomic E-state index is 0.698. The molecule has 0 aliphatic carbocycles. The van der Waals surface area contributed by atoms with Crippen molar-refractivity contribution in [2.45, 2.75) is 0 Å². The van der Waals surface area contributed by atoms with Crippen LogP contribution in [-0.2, 0) is 0 Å². The summed E-state index contributed by atoms with van der Waals surface area (Å²) in [5.74, 6) is 0. The van der Waals surface area contributed by atoms with Gasteiger partial charge in [-0.1, -0.05) is 29.8 Å². The lowest BCUT2D eigenvalue weighted by molar-refractivity contribution is 1.40. The predicted octanol–water partition coefficient (Wildman–Crippen LogP) is 5.48. The molecular weight excluding hydrogens is 356 g/mol. The molecule has 5 heteroatoms. The first-order chi connectivity index (χ1) is 9.63. The molecule has 3 aromatic rings. The van der Waals surface area contributed by atoms with Gasteiger partial charge in [0.2, 0.25) is 0 Å². The van der Waals surface area contributed by atoms with Crippen LogP contribution >= 0.6 is 38.9 Å². The standard InChI is InChI=1S/C15H10BrClN2S/c16-12-7-10(3-6-13(12)17)15-19-14(8-20-15)9-1-4-11(18)5-2-9/h1-8H,18H2. The summed E-state index contributed by atoms with van der Waals surface area (Å²) in [6.45, 7) is 0. The van der Waals surface area contributed by atoms with Gasteiger partial charge in [0.05, 0.1) is 10.7 Å². The molecule has 2 N–H and O–H groups in total. The van der Waals surface area contributed by atoms with Gasteiger partial charge in [-0.2, -0.15) is 0 Å².